The number of nitrogens with zero attached hydrogens (tertiary/aromatic N) is 5. The van der Waals surface area contributed by atoms with Gasteiger partial charge in [0.15, 0.2) is 0 Å². The summed E-state index contributed by atoms with van der Waals surface area (Å²) in [5.41, 5.74) is 1.52. The van der Waals surface area contributed by atoms with Gasteiger partial charge in [0.1, 0.15) is 11.4 Å². The number of amides is 1. The van der Waals surface area contributed by atoms with Crippen molar-refractivity contribution in [2.45, 2.75) is 26.4 Å². The molecule has 0 spiro atoms. The molecule has 1 aliphatic rings. The normalized spacial score (nSPS) is 15.7. The summed E-state index contributed by atoms with van der Waals surface area (Å²) in [5, 5.41) is 0. The number of hydrogen-bond donors (Lipinski definition) is 0. The quantitative estimate of drug-likeness (QED) is 0.673. The van der Waals surface area contributed by atoms with Crippen molar-refractivity contribution in [2.75, 3.05) is 31.1 Å². The van der Waals surface area contributed by atoms with Crippen molar-refractivity contribution in [1.82, 2.24) is 19.3 Å². The van der Waals surface area contributed by atoms with Gasteiger partial charge in [-0.2, -0.15) is 4.98 Å². The van der Waals surface area contributed by atoms with Gasteiger partial charge in [0.05, 0.1) is 11.0 Å². The molecule has 1 amide bonds. The van der Waals surface area contributed by atoms with E-state index in [2.05, 4.69) is 9.88 Å². The summed E-state index contributed by atoms with van der Waals surface area (Å²) >= 11 is 0. The maximum atomic E-state index is 12.2. The Balaban J connectivity index is 1.49. The highest BCUT2D eigenvalue weighted by Crippen LogP contribution is 2.20. The van der Waals surface area contributed by atoms with Crippen LogP contribution in [0, 0.1) is 0 Å². The minimum absolute atomic E-state index is 0.250. The van der Waals surface area contributed by atoms with E-state index >= 15 is 0 Å². The molecule has 3 heterocycles. The molecule has 1 aromatic carbocycles. The Morgan fingerprint density at radius 1 is 1.04 bits per heavy atom. The number of fused-ring (bicyclic) bond motifs is 3. The molecule has 2 aromatic heterocycles. The van der Waals surface area contributed by atoms with E-state index in [0.717, 1.165) is 29.9 Å². The Morgan fingerprint density at radius 3 is 2.50 bits per heavy atom. The third-order valence-electron chi connectivity index (χ3n) is 4.42. The van der Waals surface area contributed by atoms with Crippen LogP contribution >= 0.6 is 0 Å². The first-order valence-electron chi connectivity index (χ1n) is 8.87. The molecule has 0 bridgehead atoms. The second kappa shape index (κ2) is 6.16. The lowest BCUT2D eigenvalue weighted by atomic mass is 10.2. The van der Waals surface area contributed by atoms with Crippen molar-refractivity contribution >= 4 is 28.7 Å². The van der Waals surface area contributed by atoms with Crippen molar-refractivity contribution < 1.29 is 9.53 Å². The summed E-state index contributed by atoms with van der Waals surface area (Å²) in [6, 6.07) is 10.0. The van der Waals surface area contributed by atoms with E-state index < -0.39 is 5.60 Å². The average Bonchev–Trinajstić information content (AvgIpc) is 2.98. The van der Waals surface area contributed by atoms with E-state index in [1.54, 1.807) is 4.90 Å². The van der Waals surface area contributed by atoms with Crippen molar-refractivity contribution in [3.8, 4) is 0 Å². The number of benzene rings is 1. The number of anilines is 1. The molecule has 0 N–H and O–H groups in total. The molecule has 0 saturated carbocycles. The van der Waals surface area contributed by atoms with Crippen LogP contribution < -0.4 is 4.90 Å². The molecule has 1 saturated heterocycles. The average molecular weight is 353 g/mol. The molecular weight excluding hydrogens is 330 g/mol. The highest BCUT2D eigenvalue weighted by atomic mass is 16.6. The molecule has 26 heavy (non-hydrogen) atoms. The maximum absolute atomic E-state index is 12.2. The monoisotopic (exact) mass is 353 g/mol. The Bertz CT molecular complexity index is 951. The number of para-hydroxylation sites is 2. The van der Waals surface area contributed by atoms with E-state index in [1.807, 2.05) is 61.7 Å². The lowest BCUT2D eigenvalue weighted by Gasteiger charge is -2.36. The molecule has 0 radical (unpaired) electrons. The maximum Gasteiger partial charge on any atom is 0.410 e. The standard InChI is InChI=1S/C19H23N5O2/c1-19(2,3)26-18(25)23-12-10-22(11-13-23)16-8-9-24-15-7-5-4-6-14(15)20-17(24)21-16/h4-9H,10-13H2,1-3H3. The van der Waals surface area contributed by atoms with E-state index in [0.29, 0.717) is 18.9 Å². The number of piperazine rings is 1. The third-order valence-corrected chi connectivity index (χ3v) is 4.42. The molecule has 1 fully saturated rings. The first-order valence-corrected chi connectivity index (χ1v) is 8.87. The van der Waals surface area contributed by atoms with E-state index in [-0.39, 0.29) is 6.09 Å². The second-order valence-corrected chi connectivity index (χ2v) is 7.51. The number of carbonyl (C=O) groups excluding carboxylic acids is 1. The summed E-state index contributed by atoms with van der Waals surface area (Å²) in [6.45, 7) is 8.35. The van der Waals surface area contributed by atoms with Crippen LogP contribution in [0.3, 0.4) is 0 Å². The Kier molecular flexibility index (Phi) is 3.94. The van der Waals surface area contributed by atoms with Crippen LogP contribution in [0.2, 0.25) is 0 Å². The van der Waals surface area contributed by atoms with Crippen LogP contribution in [0.15, 0.2) is 36.5 Å². The zero-order chi connectivity index (χ0) is 18.3. The number of rotatable bonds is 1. The highest BCUT2D eigenvalue weighted by Gasteiger charge is 2.26. The number of carbonyl (C=O) groups is 1. The first-order chi connectivity index (χ1) is 12.4. The predicted molar refractivity (Wildman–Crippen MR) is 101 cm³/mol. The molecule has 7 heteroatoms. The van der Waals surface area contributed by atoms with Gasteiger partial charge in [-0.15, -0.1) is 0 Å². The molecule has 0 atom stereocenters. The zero-order valence-electron chi connectivity index (χ0n) is 15.3. The van der Waals surface area contributed by atoms with Gasteiger partial charge in [-0.3, -0.25) is 4.40 Å². The summed E-state index contributed by atoms with van der Waals surface area (Å²) in [7, 11) is 0. The summed E-state index contributed by atoms with van der Waals surface area (Å²) in [6.07, 6.45) is 1.76. The van der Waals surface area contributed by atoms with Crippen LogP contribution in [0.4, 0.5) is 10.6 Å². The Labute approximate surface area is 152 Å². The smallest absolute Gasteiger partial charge is 0.410 e. The Hall–Kier alpha value is -2.83. The lowest BCUT2D eigenvalue weighted by Crippen LogP contribution is -2.50. The molecular formula is C19H23N5O2. The molecule has 4 rings (SSSR count). The van der Waals surface area contributed by atoms with Crippen LogP contribution in [-0.4, -0.2) is 57.1 Å². The fourth-order valence-electron chi connectivity index (χ4n) is 3.16. The topological polar surface area (TPSA) is 63.0 Å². The van der Waals surface area contributed by atoms with Crippen molar-refractivity contribution in [1.29, 1.82) is 0 Å². The zero-order valence-corrected chi connectivity index (χ0v) is 15.3. The van der Waals surface area contributed by atoms with Gasteiger partial charge in [-0.05, 0) is 39.0 Å². The van der Waals surface area contributed by atoms with Gasteiger partial charge in [0.25, 0.3) is 0 Å². The van der Waals surface area contributed by atoms with Gasteiger partial charge < -0.3 is 14.5 Å². The van der Waals surface area contributed by atoms with Crippen LogP contribution in [0.5, 0.6) is 0 Å². The summed E-state index contributed by atoms with van der Waals surface area (Å²) < 4.78 is 7.44. The van der Waals surface area contributed by atoms with Gasteiger partial charge in [0.2, 0.25) is 5.78 Å². The molecule has 136 valence electrons. The Morgan fingerprint density at radius 2 is 1.77 bits per heavy atom. The molecule has 7 nitrogen and oxygen atoms in total. The fraction of sp³-hybridized carbons (Fsp3) is 0.421. The summed E-state index contributed by atoms with van der Waals surface area (Å²) in [4.78, 5) is 25.4. The first kappa shape index (κ1) is 16.6. The van der Waals surface area contributed by atoms with Crippen LogP contribution in [0.25, 0.3) is 16.8 Å². The minimum atomic E-state index is -0.469. The van der Waals surface area contributed by atoms with E-state index in [1.165, 1.54) is 0 Å². The van der Waals surface area contributed by atoms with Crippen molar-refractivity contribution in [3.05, 3.63) is 36.5 Å². The molecule has 3 aromatic rings. The second-order valence-electron chi connectivity index (χ2n) is 7.51. The van der Waals surface area contributed by atoms with Gasteiger partial charge >= 0.3 is 6.09 Å². The molecule has 1 aliphatic heterocycles. The number of aromatic nitrogens is 3. The van der Waals surface area contributed by atoms with Crippen LogP contribution in [-0.2, 0) is 4.74 Å². The van der Waals surface area contributed by atoms with E-state index in [4.69, 9.17) is 9.72 Å². The molecule has 0 unspecified atom stereocenters. The van der Waals surface area contributed by atoms with Crippen LogP contribution in [0.1, 0.15) is 20.8 Å². The molecule has 0 aliphatic carbocycles. The number of hydrogen-bond acceptors (Lipinski definition) is 5. The van der Waals surface area contributed by atoms with Gasteiger partial charge in [-0.25, -0.2) is 9.78 Å². The highest BCUT2D eigenvalue weighted by molar-refractivity contribution is 5.79. The SMILES string of the molecule is CC(C)(C)OC(=O)N1CCN(c2ccn3c(n2)nc2ccccc23)CC1. The van der Waals surface area contributed by atoms with Gasteiger partial charge in [0, 0.05) is 32.4 Å². The minimum Gasteiger partial charge on any atom is -0.444 e. The summed E-state index contributed by atoms with van der Waals surface area (Å²) in [5.74, 6) is 1.58. The van der Waals surface area contributed by atoms with E-state index in [9.17, 15) is 4.79 Å². The van der Waals surface area contributed by atoms with Gasteiger partial charge in [-0.1, -0.05) is 12.1 Å². The number of ether oxygens (including phenoxy) is 1. The predicted octanol–water partition coefficient (Wildman–Crippen LogP) is 2.94. The largest absolute Gasteiger partial charge is 0.444 e. The fourth-order valence-corrected chi connectivity index (χ4v) is 3.16. The number of imidazole rings is 1. The van der Waals surface area contributed by atoms with Crippen molar-refractivity contribution in [3.63, 3.8) is 0 Å². The lowest BCUT2D eigenvalue weighted by molar-refractivity contribution is 0.0240. The van der Waals surface area contributed by atoms with Crippen molar-refractivity contribution in [2.24, 2.45) is 0 Å². The third kappa shape index (κ3) is 3.16.